The molecule has 3 nitrogen and oxygen atoms in total. The molecule has 0 aliphatic rings. The van der Waals surface area contributed by atoms with Crippen LogP contribution in [0.25, 0.3) is 0 Å². The summed E-state index contributed by atoms with van der Waals surface area (Å²) in [5.41, 5.74) is 1.59. The minimum Gasteiger partial charge on any atom is -0.456 e. The number of nitriles is 1. The molecule has 0 heterocycles. The molecular weight excluding hydrogens is 262 g/mol. The van der Waals surface area contributed by atoms with Gasteiger partial charge in [0.1, 0.15) is 5.60 Å². The monoisotopic (exact) mass is 279 g/mol. The van der Waals surface area contributed by atoms with Crippen molar-refractivity contribution in [1.29, 1.82) is 5.26 Å². The lowest BCUT2D eigenvalue weighted by atomic mass is 9.97. The lowest BCUT2D eigenvalue weighted by molar-refractivity contribution is -0.000652. The van der Waals surface area contributed by atoms with Crippen LogP contribution in [0, 0.1) is 11.3 Å². The van der Waals surface area contributed by atoms with Gasteiger partial charge >= 0.3 is 5.97 Å². The number of carbonyl (C=O) groups excluding carboxylic acids is 1. The summed E-state index contributed by atoms with van der Waals surface area (Å²) >= 11 is 0. The summed E-state index contributed by atoms with van der Waals surface area (Å²) in [6.07, 6.45) is 0.595. The molecule has 21 heavy (non-hydrogen) atoms. The van der Waals surface area contributed by atoms with E-state index in [2.05, 4.69) is 6.07 Å². The van der Waals surface area contributed by atoms with Crippen LogP contribution >= 0.6 is 0 Å². The van der Waals surface area contributed by atoms with E-state index in [9.17, 15) is 4.79 Å². The Bertz CT molecular complexity index is 652. The van der Waals surface area contributed by atoms with Gasteiger partial charge in [0.25, 0.3) is 0 Å². The summed E-state index contributed by atoms with van der Waals surface area (Å²) in [4.78, 5) is 12.1. The second-order valence-corrected chi connectivity index (χ2v) is 5.50. The lowest BCUT2D eigenvalue weighted by Crippen LogP contribution is -2.30. The fourth-order valence-corrected chi connectivity index (χ4v) is 2.11. The number of rotatable bonds is 4. The third-order valence-electron chi connectivity index (χ3n) is 3.09. The van der Waals surface area contributed by atoms with Gasteiger partial charge in [-0.05, 0) is 43.7 Å². The van der Waals surface area contributed by atoms with Crippen LogP contribution < -0.4 is 0 Å². The highest BCUT2D eigenvalue weighted by atomic mass is 16.6. The Morgan fingerprint density at radius 2 is 1.71 bits per heavy atom. The summed E-state index contributed by atoms with van der Waals surface area (Å²) in [5.74, 6) is -0.325. The maximum absolute atomic E-state index is 12.1. The second kappa shape index (κ2) is 6.23. The van der Waals surface area contributed by atoms with E-state index in [0.717, 1.165) is 5.56 Å². The number of carbonyl (C=O) groups is 1. The van der Waals surface area contributed by atoms with Crippen molar-refractivity contribution >= 4 is 5.97 Å². The summed E-state index contributed by atoms with van der Waals surface area (Å²) < 4.78 is 5.58. The summed E-state index contributed by atoms with van der Waals surface area (Å²) in [7, 11) is 0. The van der Waals surface area contributed by atoms with E-state index in [1.807, 2.05) is 44.2 Å². The summed E-state index contributed by atoms with van der Waals surface area (Å²) in [6, 6.07) is 18.3. The number of ether oxygens (including phenoxy) is 1. The quantitative estimate of drug-likeness (QED) is 0.801. The standard InChI is InChI=1S/C18H17NO2/c1-18(2,12-14-8-10-15(13-19)11-9-14)21-17(20)16-6-4-3-5-7-16/h3-11H,12H2,1-2H3. The average Bonchev–Trinajstić information content (AvgIpc) is 2.48. The topological polar surface area (TPSA) is 50.1 Å². The number of hydrogen-bond donors (Lipinski definition) is 0. The molecule has 0 radical (unpaired) electrons. The van der Waals surface area contributed by atoms with Gasteiger partial charge in [-0.2, -0.15) is 5.26 Å². The van der Waals surface area contributed by atoms with Gasteiger partial charge < -0.3 is 4.74 Å². The van der Waals surface area contributed by atoms with Crippen molar-refractivity contribution in [1.82, 2.24) is 0 Å². The van der Waals surface area contributed by atoms with Crippen molar-refractivity contribution in [2.24, 2.45) is 0 Å². The molecule has 2 aromatic rings. The molecule has 0 spiro atoms. The Hall–Kier alpha value is -2.60. The molecule has 0 amide bonds. The van der Waals surface area contributed by atoms with Crippen LogP contribution in [0.15, 0.2) is 54.6 Å². The summed E-state index contributed by atoms with van der Waals surface area (Å²) in [6.45, 7) is 3.76. The third kappa shape index (κ3) is 4.19. The molecule has 0 fully saturated rings. The third-order valence-corrected chi connectivity index (χ3v) is 3.09. The zero-order valence-corrected chi connectivity index (χ0v) is 12.2. The van der Waals surface area contributed by atoms with Crippen LogP contribution in [0.5, 0.6) is 0 Å². The maximum Gasteiger partial charge on any atom is 0.338 e. The first-order valence-electron chi connectivity index (χ1n) is 6.78. The molecule has 0 aliphatic carbocycles. The number of nitrogens with zero attached hydrogens (tertiary/aromatic N) is 1. The lowest BCUT2D eigenvalue weighted by Gasteiger charge is -2.25. The molecule has 2 rings (SSSR count). The van der Waals surface area contributed by atoms with E-state index in [-0.39, 0.29) is 5.97 Å². The molecule has 0 saturated carbocycles. The minimum absolute atomic E-state index is 0.325. The van der Waals surface area contributed by atoms with Crippen molar-refractivity contribution in [3.8, 4) is 6.07 Å². The van der Waals surface area contributed by atoms with Crippen molar-refractivity contribution in [3.63, 3.8) is 0 Å². The molecule has 0 aromatic heterocycles. The van der Waals surface area contributed by atoms with E-state index in [0.29, 0.717) is 17.5 Å². The number of hydrogen-bond acceptors (Lipinski definition) is 3. The minimum atomic E-state index is -0.610. The zero-order chi connectivity index (χ0) is 15.3. The fraction of sp³-hybridized carbons (Fsp3) is 0.222. The molecule has 0 saturated heterocycles. The number of benzene rings is 2. The van der Waals surface area contributed by atoms with Crippen LogP contribution in [0.4, 0.5) is 0 Å². The first-order chi connectivity index (χ1) is 10.00. The van der Waals surface area contributed by atoms with Gasteiger partial charge in [0.2, 0.25) is 0 Å². The van der Waals surface area contributed by atoms with E-state index < -0.39 is 5.60 Å². The summed E-state index contributed by atoms with van der Waals surface area (Å²) in [5, 5.41) is 8.79. The molecule has 2 aromatic carbocycles. The molecule has 0 aliphatic heterocycles. The average molecular weight is 279 g/mol. The highest BCUT2D eigenvalue weighted by molar-refractivity contribution is 5.89. The van der Waals surface area contributed by atoms with Gasteiger partial charge in [-0.1, -0.05) is 30.3 Å². The highest BCUT2D eigenvalue weighted by Gasteiger charge is 2.24. The normalized spacial score (nSPS) is 10.7. The molecule has 0 unspecified atom stereocenters. The van der Waals surface area contributed by atoms with Crippen LogP contribution in [-0.4, -0.2) is 11.6 Å². The SMILES string of the molecule is CC(C)(Cc1ccc(C#N)cc1)OC(=O)c1ccccc1. The van der Waals surface area contributed by atoms with E-state index in [1.54, 1.807) is 24.3 Å². The predicted molar refractivity (Wildman–Crippen MR) is 80.8 cm³/mol. The molecular formula is C18H17NO2. The van der Waals surface area contributed by atoms with Crippen LogP contribution in [0.2, 0.25) is 0 Å². The first-order valence-corrected chi connectivity index (χ1v) is 6.78. The largest absolute Gasteiger partial charge is 0.456 e. The van der Waals surface area contributed by atoms with Crippen LogP contribution in [0.1, 0.15) is 35.3 Å². The fourth-order valence-electron chi connectivity index (χ4n) is 2.11. The number of esters is 1. The van der Waals surface area contributed by atoms with Gasteiger partial charge in [-0.25, -0.2) is 4.79 Å². The molecule has 3 heteroatoms. The molecule has 0 N–H and O–H groups in total. The van der Waals surface area contributed by atoms with Gasteiger partial charge in [-0.3, -0.25) is 0 Å². The van der Waals surface area contributed by atoms with E-state index in [4.69, 9.17) is 10.00 Å². The predicted octanol–water partition coefficient (Wildman–Crippen LogP) is 3.74. The Balaban J connectivity index is 2.04. The first kappa shape index (κ1) is 14.8. The molecule has 106 valence electrons. The van der Waals surface area contributed by atoms with Crippen LogP contribution in [-0.2, 0) is 11.2 Å². The van der Waals surface area contributed by atoms with Gasteiger partial charge in [0.15, 0.2) is 0 Å². The van der Waals surface area contributed by atoms with Crippen molar-refractivity contribution in [2.45, 2.75) is 25.9 Å². The van der Waals surface area contributed by atoms with Crippen molar-refractivity contribution < 1.29 is 9.53 Å². The Morgan fingerprint density at radius 3 is 2.29 bits per heavy atom. The Kier molecular flexibility index (Phi) is 4.39. The van der Waals surface area contributed by atoms with Gasteiger partial charge in [-0.15, -0.1) is 0 Å². The van der Waals surface area contributed by atoms with Crippen molar-refractivity contribution in [2.75, 3.05) is 0 Å². The smallest absolute Gasteiger partial charge is 0.338 e. The van der Waals surface area contributed by atoms with Gasteiger partial charge in [0, 0.05) is 6.42 Å². The van der Waals surface area contributed by atoms with Crippen LogP contribution in [0.3, 0.4) is 0 Å². The Labute approximate surface area is 124 Å². The molecule has 0 bridgehead atoms. The van der Waals surface area contributed by atoms with E-state index >= 15 is 0 Å². The Morgan fingerprint density at radius 1 is 1.10 bits per heavy atom. The van der Waals surface area contributed by atoms with E-state index in [1.165, 1.54) is 0 Å². The second-order valence-electron chi connectivity index (χ2n) is 5.50. The van der Waals surface area contributed by atoms with Crippen molar-refractivity contribution in [3.05, 3.63) is 71.3 Å². The maximum atomic E-state index is 12.1. The highest BCUT2D eigenvalue weighted by Crippen LogP contribution is 2.19. The zero-order valence-electron chi connectivity index (χ0n) is 12.2. The molecule has 0 atom stereocenters. The van der Waals surface area contributed by atoms with Gasteiger partial charge in [0.05, 0.1) is 17.2 Å².